The number of para-hydroxylation sites is 1. The van der Waals surface area contributed by atoms with Crippen molar-refractivity contribution in [2.75, 3.05) is 13.7 Å². The molecular weight excluding hydrogens is 216 g/mol. The molecule has 88 valence electrons. The molecule has 2 aliphatic heterocycles. The number of hydrogen-bond acceptors (Lipinski definition) is 3. The lowest BCUT2D eigenvalue weighted by molar-refractivity contribution is 0.0763. The summed E-state index contributed by atoms with van der Waals surface area (Å²) in [5.41, 5.74) is 1.38. The van der Waals surface area contributed by atoms with E-state index in [-0.39, 0.29) is 11.9 Å². The second-order valence-corrected chi connectivity index (χ2v) is 4.33. The number of fused-ring (bicyclic) bond motifs is 2. The Hall–Kier alpha value is -1.84. The zero-order chi connectivity index (χ0) is 11.8. The Morgan fingerprint density at radius 3 is 3.06 bits per heavy atom. The van der Waals surface area contributed by atoms with Gasteiger partial charge in [-0.25, -0.2) is 4.99 Å². The Balaban J connectivity index is 2.15. The van der Waals surface area contributed by atoms with Crippen molar-refractivity contribution in [3.63, 3.8) is 0 Å². The van der Waals surface area contributed by atoms with E-state index in [2.05, 4.69) is 4.99 Å². The Kier molecular flexibility index (Phi) is 2.35. The number of carbonyl (C=O) groups excluding carboxylic acids is 1. The Morgan fingerprint density at radius 1 is 1.41 bits per heavy atom. The smallest absolute Gasteiger partial charge is 0.256 e. The van der Waals surface area contributed by atoms with E-state index in [0.29, 0.717) is 17.1 Å². The molecule has 0 aliphatic carbocycles. The average molecular weight is 230 g/mol. The second-order valence-electron chi connectivity index (χ2n) is 4.33. The maximum Gasteiger partial charge on any atom is 0.256 e. The largest absolute Gasteiger partial charge is 0.483 e. The zero-order valence-electron chi connectivity index (χ0n) is 9.72. The van der Waals surface area contributed by atoms with E-state index < -0.39 is 0 Å². The first-order valence-electron chi connectivity index (χ1n) is 5.84. The summed E-state index contributed by atoms with van der Waals surface area (Å²) in [6.45, 7) is 0.792. The summed E-state index contributed by atoms with van der Waals surface area (Å²) in [6, 6.07) is 7.46. The predicted molar refractivity (Wildman–Crippen MR) is 64.6 cm³/mol. The first-order chi connectivity index (χ1) is 8.31. The summed E-state index contributed by atoms with van der Waals surface area (Å²) in [4.78, 5) is 18.7. The second kappa shape index (κ2) is 3.87. The van der Waals surface area contributed by atoms with E-state index in [1.54, 1.807) is 7.11 Å². The summed E-state index contributed by atoms with van der Waals surface area (Å²) in [5, 5.41) is 0. The Labute approximate surface area is 99.9 Å². The molecule has 0 spiro atoms. The Bertz CT molecular complexity index is 496. The average Bonchev–Trinajstić information content (AvgIpc) is 2.81. The van der Waals surface area contributed by atoms with Gasteiger partial charge in [-0.15, -0.1) is 0 Å². The van der Waals surface area contributed by atoms with Crippen molar-refractivity contribution >= 4 is 17.5 Å². The van der Waals surface area contributed by atoms with Crippen LogP contribution in [-0.2, 0) is 4.74 Å². The molecule has 1 aromatic rings. The van der Waals surface area contributed by atoms with Gasteiger partial charge in [-0.05, 0) is 25.0 Å². The molecule has 0 aromatic heterocycles. The molecule has 4 heteroatoms. The molecule has 1 amide bonds. The van der Waals surface area contributed by atoms with Gasteiger partial charge < -0.3 is 9.64 Å². The van der Waals surface area contributed by atoms with E-state index >= 15 is 0 Å². The predicted octanol–water partition coefficient (Wildman–Crippen LogP) is 1.98. The van der Waals surface area contributed by atoms with Crippen molar-refractivity contribution in [1.82, 2.24) is 4.90 Å². The van der Waals surface area contributed by atoms with Gasteiger partial charge in [0.1, 0.15) is 6.04 Å². The molecular formula is C13H14N2O2. The minimum Gasteiger partial charge on any atom is -0.483 e. The zero-order valence-corrected chi connectivity index (χ0v) is 9.72. The van der Waals surface area contributed by atoms with Crippen LogP contribution in [0.4, 0.5) is 5.69 Å². The SMILES string of the molecule is COC1=Nc2ccccc2C(=O)N2CCCC12. The molecule has 1 unspecified atom stereocenters. The van der Waals surface area contributed by atoms with Crippen LogP contribution >= 0.6 is 0 Å². The highest BCUT2D eigenvalue weighted by Gasteiger charge is 2.36. The number of nitrogens with zero attached hydrogens (tertiary/aromatic N) is 2. The van der Waals surface area contributed by atoms with E-state index in [9.17, 15) is 4.79 Å². The van der Waals surface area contributed by atoms with Crippen molar-refractivity contribution in [3.8, 4) is 0 Å². The van der Waals surface area contributed by atoms with Crippen LogP contribution in [0, 0.1) is 0 Å². The third kappa shape index (κ3) is 1.52. The number of carbonyl (C=O) groups is 1. The van der Waals surface area contributed by atoms with E-state index in [1.165, 1.54) is 0 Å². The topological polar surface area (TPSA) is 41.9 Å². The fourth-order valence-electron chi connectivity index (χ4n) is 2.55. The first-order valence-corrected chi connectivity index (χ1v) is 5.84. The van der Waals surface area contributed by atoms with Gasteiger partial charge in [-0.1, -0.05) is 12.1 Å². The normalized spacial score (nSPS) is 22.6. The van der Waals surface area contributed by atoms with Gasteiger partial charge in [0.15, 0.2) is 0 Å². The lowest BCUT2D eigenvalue weighted by Gasteiger charge is -2.22. The molecule has 1 fully saturated rings. The van der Waals surface area contributed by atoms with Crippen LogP contribution in [0.5, 0.6) is 0 Å². The highest BCUT2D eigenvalue weighted by atomic mass is 16.5. The summed E-state index contributed by atoms with van der Waals surface area (Å²) >= 11 is 0. The van der Waals surface area contributed by atoms with Crippen LogP contribution in [0.25, 0.3) is 0 Å². The van der Waals surface area contributed by atoms with Gasteiger partial charge in [0.2, 0.25) is 5.90 Å². The van der Waals surface area contributed by atoms with Gasteiger partial charge >= 0.3 is 0 Å². The van der Waals surface area contributed by atoms with E-state index in [0.717, 1.165) is 19.4 Å². The van der Waals surface area contributed by atoms with E-state index in [1.807, 2.05) is 29.2 Å². The van der Waals surface area contributed by atoms with Crippen molar-refractivity contribution in [1.29, 1.82) is 0 Å². The number of aliphatic imine (C=N–C) groups is 1. The molecule has 0 radical (unpaired) electrons. The number of ether oxygens (including phenoxy) is 1. The van der Waals surface area contributed by atoms with Crippen LogP contribution in [0.15, 0.2) is 29.3 Å². The minimum atomic E-state index is 0.0138. The Morgan fingerprint density at radius 2 is 2.24 bits per heavy atom. The van der Waals surface area contributed by atoms with Crippen LogP contribution in [0.1, 0.15) is 23.2 Å². The molecule has 0 N–H and O–H groups in total. The third-order valence-electron chi connectivity index (χ3n) is 3.37. The molecule has 2 heterocycles. The molecule has 4 nitrogen and oxygen atoms in total. The lowest BCUT2D eigenvalue weighted by atomic mass is 10.1. The first kappa shape index (κ1) is 10.3. The maximum absolute atomic E-state index is 12.4. The summed E-state index contributed by atoms with van der Waals surface area (Å²) < 4.78 is 5.35. The summed E-state index contributed by atoms with van der Waals surface area (Å²) in [7, 11) is 1.62. The highest BCUT2D eigenvalue weighted by molar-refractivity contribution is 6.04. The van der Waals surface area contributed by atoms with Gasteiger partial charge in [0.25, 0.3) is 5.91 Å². The monoisotopic (exact) mass is 230 g/mol. The summed E-state index contributed by atoms with van der Waals surface area (Å²) in [6.07, 6.45) is 1.95. The van der Waals surface area contributed by atoms with Crippen molar-refractivity contribution in [3.05, 3.63) is 29.8 Å². The fourth-order valence-corrected chi connectivity index (χ4v) is 2.55. The summed E-state index contributed by atoms with van der Waals surface area (Å²) in [5.74, 6) is 0.722. The van der Waals surface area contributed by atoms with Crippen molar-refractivity contribution in [2.24, 2.45) is 4.99 Å². The van der Waals surface area contributed by atoms with Crippen LogP contribution in [-0.4, -0.2) is 36.4 Å². The van der Waals surface area contributed by atoms with Gasteiger partial charge in [-0.2, -0.15) is 0 Å². The number of hydrogen-bond donors (Lipinski definition) is 0. The number of amides is 1. The number of benzene rings is 1. The van der Waals surface area contributed by atoms with Crippen LogP contribution < -0.4 is 0 Å². The standard InChI is InChI=1S/C13H14N2O2/c1-17-12-11-7-4-8-15(11)13(16)9-5-2-3-6-10(9)14-12/h2-3,5-6,11H,4,7-8H2,1H3. The van der Waals surface area contributed by atoms with Crippen LogP contribution in [0.2, 0.25) is 0 Å². The van der Waals surface area contributed by atoms with Gasteiger partial charge in [0, 0.05) is 6.54 Å². The molecule has 17 heavy (non-hydrogen) atoms. The van der Waals surface area contributed by atoms with Crippen molar-refractivity contribution < 1.29 is 9.53 Å². The molecule has 3 rings (SSSR count). The quantitative estimate of drug-likeness (QED) is 0.684. The molecule has 1 aromatic carbocycles. The highest BCUT2D eigenvalue weighted by Crippen LogP contribution is 2.30. The molecule has 0 saturated carbocycles. The van der Waals surface area contributed by atoms with Crippen molar-refractivity contribution in [2.45, 2.75) is 18.9 Å². The molecule has 2 aliphatic rings. The lowest BCUT2D eigenvalue weighted by Crippen LogP contribution is -2.39. The number of methoxy groups -OCH3 is 1. The van der Waals surface area contributed by atoms with Gasteiger partial charge in [-0.3, -0.25) is 4.79 Å². The maximum atomic E-state index is 12.4. The van der Waals surface area contributed by atoms with Gasteiger partial charge in [0.05, 0.1) is 18.4 Å². The minimum absolute atomic E-state index is 0.0138. The molecule has 1 atom stereocenters. The fraction of sp³-hybridized carbons (Fsp3) is 0.385. The van der Waals surface area contributed by atoms with E-state index in [4.69, 9.17) is 4.74 Å². The molecule has 0 bridgehead atoms. The van der Waals surface area contributed by atoms with Crippen LogP contribution in [0.3, 0.4) is 0 Å². The number of rotatable bonds is 0. The molecule has 1 saturated heterocycles. The third-order valence-corrected chi connectivity index (χ3v) is 3.37.